The molecule has 1 aliphatic rings. The van der Waals surface area contributed by atoms with Crippen LogP contribution in [0.1, 0.15) is 40.0 Å². The number of hydrogen-bond donors (Lipinski definition) is 2. The molecule has 0 bridgehead atoms. The van der Waals surface area contributed by atoms with Crippen molar-refractivity contribution in [1.29, 1.82) is 0 Å². The standard InChI is InChI=1S/C9H12OS2.C4H12NP.C3H8O.H2O/c10-9(12-7-6-11)8-4-2-1-3-5-8;1-3-5(6)4-2;1-2-3-4;/h2,4-5,11H,1,3,6-7H2;3-4,6H2,1-2H3;4H,2-3H2,1H3;1H2. The van der Waals surface area contributed by atoms with Crippen molar-refractivity contribution in [1.82, 2.24) is 4.67 Å². The first-order chi connectivity index (χ1) is 10.6. The van der Waals surface area contributed by atoms with Crippen molar-refractivity contribution in [3.8, 4) is 0 Å². The number of thiol groups is 1. The Morgan fingerprint density at radius 2 is 1.91 bits per heavy atom. The molecule has 23 heavy (non-hydrogen) atoms. The molecule has 0 saturated heterocycles. The van der Waals surface area contributed by atoms with Crippen LogP contribution in [0.5, 0.6) is 0 Å². The van der Waals surface area contributed by atoms with E-state index in [2.05, 4.69) is 46.6 Å². The smallest absolute Gasteiger partial charge is 0.219 e. The van der Waals surface area contributed by atoms with Crippen LogP contribution in [0.2, 0.25) is 0 Å². The Morgan fingerprint density at radius 1 is 1.35 bits per heavy atom. The molecule has 1 rings (SSSR count). The second kappa shape index (κ2) is 22.2. The molecular formula is C16H34NO3PS2. The van der Waals surface area contributed by atoms with E-state index >= 15 is 0 Å². The van der Waals surface area contributed by atoms with Gasteiger partial charge in [0.2, 0.25) is 5.12 Å². The van der Waals surface area contributed by atoms with Crippen molar-refractivity contribution in [2.24, 2.45) is 0 Å². The number of thioether (sulfide) groups is 1. The zero-order valence-corrected chi connectivity index (χ0v) is 17.5. The molecule has 3 N–H and O–H groups in total. The largest absolute Gasteiger partial charge is 0.412 e. The monoisotopic (exact) mass is 383 g/mol. The predicted molar refractivity (Wildman–Crippen MR) is 111 cm³/mol. The Hall–Kier alpha value is 0.160. The van der Waals surface area contributed by atoms with Crippen LogP contribution in [-0.4, -0.2) is 51.6 Å². The number of allylic oxidation sites excluding steroid dienone is 3. The van der Waals surface area contributed by atoms with Gasteiger partial charge < -0.3 is 10.6 Å². The SMILES string of the molecule is CCCO.CCN(P)CC.O.O=C(SCCS)C1=CCCC=C1. The summed E-state index contributed by atoms with van der Waals surface area (Å²) in [5.74, 6) is 1.56. The maximum Gasteiger partial charge on any atom is 0.219 e. The van der Waals surface area contributed by atoms with Gasteiger partial charge in [0.05, 0.1) is 0 Å². The number of nitrogens with zero attached hydrogens (tertiary/aromatic N) is 1. The Balaban J connectivity index is -0.000000309. The van der Waals surface area contributed by atoms with Gasteiger partial charge in [0.1, 0.15) is 0 Å². The minimum absolute atomic E-state index is 0. The summed E-state index contributed by atoms with van der Waals surface area (Å²) >= 11 is 5.40. The van der Waals surface area contributed by atoms with Crippen LogP contribution in [0, 0.1) is 0 Å². The summed E-state index contributed by atoms with van der Waals surface area (Å²) in [6.07, 6.45) is 8.91. The summed E-state index contributed by atoms with van der Waals surface area (Å²) in [4.78, 5) is 11.4. The topological polar surface area (TPSA) is 72.0 Å². The first kappa shape index (κ1) is 28.0. The highest BCUT2D eigenvalue weighted by molar-refractivity contribution is 8.14. The minimum atomic E-state index is 0. The van der Waals surface area contributed by atoms with Gasteiger partial charge in [-0.1, -0.05) is 60.2 Å². The molecule has 0 aliphatic heterocycles. The van der Waals surface area contributed by atoms with Crippen LogP contribution in [0.4, 0.5) is 0 Å². The Morgan fingerprint density at radius 3 is 2.22 bits per heavy atom. The summed E-state index contributed by atoms with van der Waals surface area (Å²) in [5, 5.41) is 8.06. The number of carbonyl (C=O) groups is 1. The molecule has 0 heterocycles. The van der Waals surface area contributed by atoms with Crippen LogP contribution < -0.4 is 0 Å². The highest BCUT2D eigenvalue weighted by Crippen LogP contribution is 2.17. The minimum Gasteiger partial charge on any atom is -0.412 e. The first-order valence-corrected chi connectivity index (χ1v) is 9.95. The Labute approximate surface area is 154 Å². The maximum absolute atomic E-state index is 11.4. The molecule has 0 aromatic heterocycles. The zero-order valence-electron chi connectivity index (χ0n) is 14.6. The molecule has 7 heteroatoms. The van der Waals surface area contributed by atoms with Crippen LogP contribution in [0.15, 0.2) is 23.8 Å². The summed E-state index contributed by atoms with van der Waals surface area (Å²) in [7, 11) is 2.64. The maximum atomic E-state index is 11.4. The highest BCUT2D eigenvalue weighted by Gasteiger charge is 2.07. The summed E-state index contributed by atoms with van der Waals surface area (Å²) in [5.41, 5.74) is 0.855. The van der Waals surface area contributed by atoms with Gasteiger partial charge in [-0.2, -0.15) is 12.6 Å². The average Bonchev–Trinajstić information content (AvgIpc) is 2.60. The second-order valence-electron chi connectivity index (χ2n) is 4.44. The van der Waals surface area contributed by atoms with E-state index in [0.29, 0.717) is 6.61 Å². The quantitative estimate of drug-likeness (QED) is 0.546. The molecule has 1 unspecified atom stereocenters. The molecule has 138 valence electrons. The molecule has 0 aromatic carbocycles. The van der Waals surface area contributed by atoms with E-state index in [0.717, 1.165) is 49.4 Å². The van der Waals surface area contributed by atoms with E-state index in [1.807, 2.05) is 19.1 Å². The van der Waals surface area contributed by atoms with Gasteiger partial charge in [-0.25, -0.2) is 0 Å². The first-order valence-electron chi connectivity index (χ1n) is 7.82. The second-order valence-corrected chi connectivity index (χ2v) is 6.69. The number of carbonyl (C=O) groups excluding carboxylic acids is 1. The lowest BCUT2D eigenvalue weighted by molar-refractivity contribution is -0.107. The van der Waals surface area contributed by atoms with Crippen molar-refractivity contribution in [3.63, 3.8) is 0 Å². The van der Waals surface area contributed by atoms with E-state index < -0.39 is 0 Å². The lowest BCUT2D eigenvalue weighted by Gasteiger charge is -2.06. The van der Waals surface area contributed by atoms with Crippen LogP contribution in [0.3, 0.4) is 0 Å². The van der Waals surface area contributed by atoms with Crippen molar-refractivity contribution < 1.29 is 15.4 Å². The van der Waals surface area contributed by atoms with E-state index in [1.54, 1.807) is 0 Å². The van der Waals surface area contributed by atoms with E-state index in [9.17, 15) is 4.79 Å². The normalized spacial score (nSPS) is 12.2. The van der Waals surface area contributed by atoms with Gasteiger partial charge in [0, 0.05) is 17.9 Å². The van der Waals surface area contributed by atoms with Crippen LogP contribution in [-0.2, 0) is 4.79 Å². The van der Waals surface area contributed by atoms with Crippen molar-refractivity contribution in [2.45, 2.75) is 40.0 Å². The van der Waals surface area contributed by atoms with Gasteiger partial charge in [0.15, 0.2) is 0 Å². The molecule has 1 atom stereocenters. The molecule has 1 aliphatic carbocycles. The molecule has 0 amide bonds. The highest BCUT2D eigenvalue weighted by atomic mass is 32.2. The molecule has 0 spiro atoms. The molecule has 0 radical (unpaired) electrons. The van der Waals surface area contributed by atoms with Crippen LogP contribution in [0.25, 0.3) is 0 Å². The molecule has 0 saturated carbocycles. The zero-order chi connectivity index (χ0) is 17.2. The van der Waals surface area contributed by atoms with E-state index in [4.69, 9.17) is 5.11 Å². The fourth-order valence-electron chi connectivity index (χ4n) is 1.21. The number of rotatable bonds is 6. The number of aliphatic hydroxyl groups is 1. The summed E-state index contributed by atoms with van der Waals surface area (Å²) in [6.45, 7) is 8.77. The van der Waals surface area contributed by atoms with Gasteiger partial charge >= 0.3 is 0 Å². The van der Waals surface area contributed by atoms with Gasteiger partial charge in [-0.15, -0.1) is 0 Å². The average molecular weight is 384 g/mol. The van der Waals surface area contributed by atoms with Gasteiger partial charge in [-0.3, -0.25) is 9.46 Å². The van der Waals surface area contributed by atoms with E-state index in [1.165, 1.54) is 11.8 Å². The third-order valence-corrected chi connectivity index (χ3v) is 4.75. The van der Waals surface area contributed by atoms with Crippen molar-refractivity contribution in [2.75, 3.05) is 31.2 Å². The molecular weight excluding hydrogens is 349 g/mol. The van der Waals surface area contributed by atoms with Crippen LogP contribution >= 0.6 is 33.8 Å². The third-order valence-electron chi connectivity index (χ3n) is 2.59. The fraction of sp³-hybridized carbons (Fsp3) is 0.688. The summed E-state index contributed by atoms with van der Waals surface area (Å²) < 4.78 is 2.17. The fourth-order valence-corrected chi connectivity index (χ4v) is 2.08. The van der Waals surface area contributed by atoms with Gasteiger partial charge in [-0.05, 0) is 38.1 Å². The molecule has 4 nitrogen and oxygen atoms in total. The van der Waals surface area contributed by atoms with E-state index in [-0.39, 0.29) is 10.6 Å². The predicted octanol–water partition coefficient (Wildman–Crippen LogP) is 3.13. The van der Waals surface area contributed by atoms with Crippen molar-refractivity contribution >= 4 is 38.9 Å². The number of hydrogen-bond acceptors (Lipinski definition) is 5. The van der Waals surface area contributed by atoms with Gasteiger partial charge in [0.25, 0.3) is 0 Å². The lowest BCUT2D eigenvalue weighted by atomic mass is 10.1. The number of aliphatic hydroxyl groups excluding tert-OH is 1. The Bertz CT molecular complexity index is 320. The lowest BCUT2D eigenvalue weighted by Crippen LogP contribution is -2.07. The summed E-state index contributed by atoms with van der Waals surface area (Å²) in [6, 6.07) is 0. The van der Waals surface area contributed by atoms with Crippen molar-refractivity contribution in [3.05, 3.63) is 23.8 Å². The molecule has 0 fully saturated rings. The Kier molecular flexibility index (Phi) is 27.0. The molecule has 0 aromatic rings. The third kappa shape index (κ3) is 20.1.